The third kappa shape index (κ3) is 2.76. The van der Waals surface area contributed by atoms with Gasteiger partial charge in [-0.25, -0.2) is 5.84 Å². The van der Waals surface area contributed by atoms with Gasteiger partial charge in [-0.1, -0.05) is 30.3 Å². The largest absolute Gasteiger partial charge is 0.293 e. The number of nitrogens with two attached hydrogens (primary N) is 1. The van der Waals surface area contributed by atoms with Gasteiger partial charge < -0.3 is 0 Å². The third-order valence-electron chi connectivity index (χ3n) is 2.66. The summed E-state index contributed by atoms with van der Waals surface area (Å²) in [5.41, 5.74) is 1.44. The van der Waals surface area contributed by atoms with Crippen LogP contribution in [-0.2, 0) is 10.2 Å². The quantitative estimate of drug-likeness (QED) is 0.360. The summed E-state index contributed by atoms with van der Waals surface area (Å²) in [5.74, 6) is 5.05. The molecule has 1 aromatic carbocycles. The molecule has 3 N–H and O–H groups in total. The Morgan fingerprint density at radius 3 is 2.59 bits per heavy atom. The topological polar surface area (TPSA) is 78.9 Å². The molecule has 0 heterocycles. The number of carbonyl (C=O) groups is 1. The van der Waals surface area contributed by atoms with Crippen LogP contribution in [0.2, 0.25) is 0 Å². The minimum absolute atomic E-state index is 0.347. The molecule has 0 aliphatic carbocycles. The first kappa shape index (κ1) is 13.5. The van der Waals surface area contributed by atoms with E-state index in [0.29, 0.717) is 24.3 Å². The summed E-state index contributed by atoms with van der Waals surface area (Å²) in [6.07, 6.45) is 0.914. The maximum atomic E-state index is 11.9. The van der Waals surface area contributed by atoms with Crippen LogP contribution in [0, 0.1) is 11.3 Å². The Kier molecular flexibility index (Phi) is 4.95. The highest BCUT2D eigenvalue weighted by atomic mass is 35.5. The molecule has 0 saturated carbocycles. The fourth-order valence-electron chi connectivity index (χ4n) is 1.74. The van der Waals surface area contributed by atoms with Crippen LogP contribution in [0.4, 0.5) is 0 Å². The van der Waals surface area contributed by atoms with Gasteiger partial charge >= 0.3 is 0 Å². The number of alkyl halides is 1. The molecule has 0 aliphatic heterocycles. The van der Waals surface area contributed by atoms with Gasteiger partial charge in [0.15, 0.2) is 5.41 Å². The lowest BCUT2D eigenvalue weighted by Crippen LogP contribution is -2.46. The molecular formula is C12H14ClN3O. The van der Waals surface area contributed by atoms with Crippen molar-refractivity contribution in [1.82, 2.24) is 5.43 Å². The highest BCUT2D eigenvalue weighted by molar-refractivity contribution is 6.17. The molecule has 1 unspecified atom stereocenters. The third-order valence-corrected chi connectivity index (χ3v) is 2.93. The second-order valence-electron chi connectivity index (χ2n) is 3.65. The molecule has 0 radical (unpaired) electrons. The molecule has 1 rings (SSSR count). The van der Waals surface area contributed by atoms with Crippen molar-refractivity contribution in [2.24, 2.45) is 5.84 Å². The van der Waals surface area contributed by atoms with E-state index >= 15 is 0 Å². The van der Waals surface area contributed by atoms with Gasteiger partial charge in [0.05, 0.1) is 6.07 Å². The summed E-state index contributed by atoms with van der Waals surface area (Å²) < 4.78 is 0. The minimum atomic E-state index is -1.26. The number of carbonyl (C=O) groups excluding carboxylic acids is 1. The number of benzene rings is 1. The molecular weight excluding hydrogens is 238 g/mol. The SMILES string of the molecule is N#CC(CCCCl)(C(=O)NN)c1ccccc1. The molecule has 0 spiro atoms. The Bertz CT molecular complexity index is 416. The van der Waals surface area contributed by atoms with Crippen LogP contribution in [0.15, 0.2) is 30.3 Å². The number of nitrogens with one attached hydrogen (secondary N) is 1. The Morgan fingerprint density at radius 1 is 1.47 bits per heavy atom. The molecule has 0 aromatic heterocycles. The lowest BCUT2D eigenvalue weighted by Gasteiger charge is -2.24. The molecule has 1 aromatic rings. The molecule has 5 heteroatoms. The summed E-state index contributed by atoms with van der Waals surface area (Å²) in [4.78, 5) is 11.9. The molecule has 0 aliphatic rings. The summed E-state index contributed by atoms with van der Waals surface area (Å²) in [5, 5.41) is 9.35. The van der Waals surface area contributed by atoms with Gasteiger partial charge in [0.1, 0.15) is 0 Å². The number of hydrazine groups is 1. The number of amides is 1. The molecule has 4 nitrogen and oxygen atoms in total. The smallest absolute Gasteiger partial charge is 0.258 e. The highest BCUT2D eigenvalue weighted by Crippen LogP contribution is 2.29. The molecule has 1 atom stereocenters. The standard InChI is InChI=1S/C12H14ClN3O/c13-8-4-7-12(9-14,11(17)16-15)10-5-2-1-3-6-10/h1-3,5-6H,4,7-8,15H2,(H,16,17). The van der Waals surface area contributed by atoms with E-state index in [-0.39, 0.29) is 0 Å². The van der Waals surface area contributed by atoms with E-state index in [1.54, 1.807) is 24.3 Å². The second-order valence-corrected chi connectivity index (χ2v) is 4.03. The Balaban J connectivity index is 3.17. The first-order valence-electron chi connectivity index (χ1n) is 5.25. The molecule has 0 bridgehead atoms. The average molecular weight is 252 g/mol. The number of hydrogen-bond acceptors (Lipinski definition) is 3. The zero-order valence-electron chi connectivity index (χ0n) is 9.32. The fraction of sp³-hybridized carbons (Fsp3) is 0.333. The summed E-state index contributed by atoms with van der Waals surface area (Å²) in [6, 6.07) is 10.9. The minimum Gasteiger partial charge on any atom is -0.293 e. The van der Waals surface area contributed by atoms with Crippen LogP contribution in [0.5, 0.6) is 0 Å². The van der Waals surface area contributed by atoms with Gasteiger partial charge in [0.2, 0.25) is 0 Å². The Labute approximate surface area is 105 Å². The predicted molar refractivity (Wildman–Crippen MR) is 66.0 cm³/mol. The first-order valence-corrected chi connectivity index (χ1v) is 5.78. The normalized spacial score (nSPS) is 13.5. The van der Waals surface area contributed by atoms with Crippen molar-refractivity contribution in [3.8, 4) is 6.07 Å². The molecule has 0 fully saturated rings. The number of hydrogen-bond donors (Lipinski definition) is 2. The lowest BCUT2D eigenvalue weighted by molar-refractivity contribution is -0.125. The Hall–Kier alpha value is -1.57. The van der Waals surface area contributed by atoms with Crippen molar-refractivity contribution in [1.29, 1.82) is 5.26 Å². The van der Waals surface area contributed by atoms with Crippen LogP contribution in [0.1, 0.15) is 18.4 Å². The predicted octanol–water partition coefficient (Wildman–Crippen LogP) is 1.46. The van der Waals surface area contributed by atoms with Crippen LogP contribution < -0.4 is 11.3 Å². The summed E-state index contributed by atoms with van der Waals surface area (Å²) >= 11 is 5.63. The molecule has 0 saturated heterocycles. The van der Waals surface area contributed by atoms with Gasteiger partial charge in [-0.05, 0) is 18.4 Å². The van der Waals surface area contributed by atoms with Crippen molar-refractivity contribution in [2.45, 2.75) is 18.3 Å². The number of nitrogens with zero attached hydrogens (tertiary/aromatic N) is 1. The van der Waals surface area contributed by atoms with Crippen LogP contribution in [0.25, 0.3) is 0 Å². The fourth-order valence-corrected chi connectivity index (χ4v) is 1.87. The van der Waals surface area contributed by atoms with Crippen molar-refractivity contribution in [2.75, 3.05) is 5.88 Å². The zero-order valence-corrected chi connectivity index (χ0v) is 10.1. The monoisotopic (exact) mass is 251 g/mol. The molecule has 90 valence electrons. The van der Waals surface area contributed by atoms with Crippen molar-refractivity contribution >= 4 is 17.5 Å². The van der Waals surface area contributed by atoms with E-state index in [1.165, 1.54) is 0 Å². The van der Waals surface area contributed by atoms with Gasteiger partial charge in [-0.15, -0.1) is 11.6 Å². The molecule has 1 amide bonds. The number of rotatable bonds is 5. The maximum absolute atomic E-state index is 11.9. The first-order chi connectivity index (χ1) is 8.21. The summed E-state index contributed by atoms with van der Waals surface area (Å²) in [7, 11) is 0. The van der Waals surface area contributed by atoms with Crippen LogP contribution in [-0.4, -0.2) is 11.8 Å². The van der Waals surface area contributed by atoms with Gasteiger partial charge in [0, 0.05) is 5.88 Å². The van der Waals surface area contributed by atoms with Crippen molar-refractivity contribution < 1.29 is 4.79 Å². The lowest BCUT2D eigenvalue weighted by atomic mass is 9.77. The average Bonchev–Trinajstić information content (AvgIpc) is 2.41. The van der Waals surface area contributed by atoms with E-state index in [2.05, 4.69) is 11.5 Å². The number of halogens is 1. The van der Waals surface area contributed by atoms with Crippen LogP contribution >= 0.6 is 11.6 Å². The van der Waals surface area contributed by atoms with Crippen molar-refractivity contribution in [3.05, 3.63) is 35.9 Å². The van der Waals surface area contributed by atoms with E-state index in [1.807, 2.05) is 6.07 Å². The van der Waals surface area contributed by atoms with Gasteiger partial charge in [-0.3, -0.25) is 10.2 Å². The van der Waals surface area contributed by atoms with Gasteiger partial charge in [0.25, 0.3) is 5.91 Å². The summed E-state index contributed by atoms with van der Waals surface area (Å²) in [6.45, 7) is 0. The van der Waals surface area contributed by atoms with E-state index in [0.717, 1.165) is 0 Å². The van der Waals surface area contributed by atoms with Crippen molar-refractivity contribution in [3.63, 3.8) is 0 Å². The van der Waals surface area contributed by atoms with E-state index in [4.69, 9.17) is 17.4 Å². The molecule has 17 heavy (non-hydrogen) atoms. The van der Waals surface area contributed by atoms with E-state index in [9.17, 15) is 10.1 Å². The van der Waals surface area contributed by atoms with Crippen LogP contribution in [0.3, 0.4) is 0 Å². The van der Waals surface area contributed by atoms with E-state index < -0.39 is 11.3 Å². The maximum Gasteiger partial charge on any atom is 0.258 e. The number of nitriles is 1. The highest BCUT2D eigenvalue weighted by Gasteiger charge is 2.39. The second kappa shape index (κ2) is 6.24. The van der Waals surface area contributed by atoms with Gasteiger partial charge in [-0.2, -0.15) is 5.26 Å². The Morgan fingerprint density at radius 2 is 2.12 bits per heavy atom. The zero-order chi connectivity index (χ0) is 12.7.